The Morgan fingerprint density at radius 1 is 1.14 bits per heavy atom. The van der Waals surface area contributed by atoms with E-state index in [1.54, 1.807) is 27.9 Å². The largest absolute Gasteiger partial charge is 0.461 e. The average Bonchev–Trinajstić information content (AvgIpc) is 3.48. The van der Waals surface area contributed by atoms with Gasteiger partial charge in [0, 0.05) is 33.2 Å². The second kappa shape index (κ2) is 6.73. The number of aromatic nitrogens is 5. The number of fused-ring (bicyclic) bond motifs is 1. The minimum atomic E-state index is -0.171. The Kier molecular flexibility index (Phi) is 4.04. The Balaban J connectivity index is 1.35. The molecule has 0 spiro atoms. The Morgan fingerprint density at radius 2 is 1.97 bits per heavy atom. The van der Waals surface area contributed by atoms with Gasteiger partial charge in [-0.05, 0) is 19.1 Å². The highest BCUT2D eigenvalue weighted by Gasteiger charge is 2.29. The van der Waals surface area contributed by atoms with E-state index < -0.39 is 0 Å². The van der Waals surface area contributed by atoms with Gasteiger partial charge in [0.05, 0.1) is 17.8 Å². The maximum atomic E-state index is 13.0. The summed E-state index contributed by atoms with van der Waals surface area (Å²) in [4.78, 5) is 30.1. The lowest BCUT2D eigenvalue weighted by atomic mass is 10.2. The highest BCUT2D eigenvalue weighted by molar-refractivity contribution is 5.97. The van der Waals surface area contributed by atoms with Gasteiger partial charge in [-0.15, -0.1) is 0 Å². The standard InChI is InChI=1S/C19H19N7O3/c1-12-22-17-13(10-21-24(17)2)18(23-12)25-5-7-26(8-6-25)19(27)15-16(29-11-20-15)14-4-3-9-28-14/h3-4,9-11H,5-8H2,1-2H3. The third-order valence-electron chi connectivity index (χ3n) is 5.07. The van der Waals surface area contributed by atoms with Crippen LogP contribution in [0.15, 0.2) is 39.8 Å². The SMILES string of the molecule is Cc1nc(N2CCN(C(=O)c3ncoc3-c3ccco3)CC2)c2cnn(C)c2n1. The second-order valence-electron chi connectivity index (χ2n) is 6.89. The first-order valence-electron chi connectivity index (χ1n) is 9.30. The molecule has 148 valence electrons. The smallest absolute Gasteiger partial charge is 0.276 e. The molecule has 10 heteroatoms. The highest BCUT2D eigenvalue weighted by atomic mass is 16.4. The van der Waals surface area contributed by atoms with Gasteiger partial charge in [0.2, 0.25) is 5.76 Å². The molecule has 29 heavy (non-hydrogen) atoms. The summed E-state index contributed by atoms with van der Waals surface area (Å²) in [6, 6.07) is 3.49. The minimum Gasteiger partial charge on any atom is -0.461 e. The zero-order valence-electron chi connectivity index (χ0n) is 16.1. The van der Waals surface area contributed by atoms with Crippen molar-refractivity contribution in [1.82, 2.24) is 29.6 Å². The van der Waals surface area contributed by atoms with Crippen LogP contribution >= 0.6 is 0 Å². The molecule has 1 amide bonds. The Bertz CT molecular complexity index is 1170. The van der Waals surface area contributed by atoms with Crippen LogP contribution in [0.1, 0.15) is 16.3 Å². The summed E-state index contributed by atoms with van der Waals surface area (Å²) in [5.74, 6) is 2.21. The molecule has 10 nitrogen and oxygen atoms in total. The van der Waals surface area contributed by atoms with Gasteiger partial charge >= 0.3 is 0 Å². The lowest BCUT2D eigenvalue weighted by molar-refractivity contribution is 0.0741. The van der Waals surface area contributed by atoms with Gasteiger partial charge < -0.3 is 18.6 Å². The molecule has 0 radical (unpaired) electrons. The maximum absolute atomic E-state index is 13.0. The van der Waals surface area contributed by atoms with E-state index in [1.807, 2.05) is 14.0 Å². The maximum Gasteiger partial charge on any atom is 0.276 e. The Labute approximate surface area is 165 Å². The number of oxazole rings is 1. The van der Waals surface area contributed by atoms with Crippen LogP contribution in [0, 0.1) is 6.92 Å². The van der Waals surface area contributed by atoms with Crippen molar-refractivity contribution < 1.29 is 13.6 Å². The molecule has 0 unspecified atom stereocenters. The van der Waals surface area contributed by atoms with Crippen LogP contribution in [0.4, 0.5) is 5.82 Å². The molecule has 0 aliphatic carbocycles. The number of carbonyl (C=O) groups is 1. The zero-order valence-corrected chi connectivity index (χ0v) is 16.1. The van der Waals surface area contributed by atoms with E-state index in [2.05, 4.69) is 25.0 Å². The van der Waals surface area contributed by atoms with E-state index in [0.717, 1.165) is 16.9 Å². The van der Waals surface area contributed by atoms with Crippen molar-refractivity contribution in [2.45, 2.75) is 6.92 Å². The van der Waals surface area contributed by atoms with E-state index in [9.17, 15) is 4.79 Å². The Hall–Kier alpha value is -3.69. The van der Waals surface area contributed by atoms with Gasteiger partial charge in [-0.25, -0.2) is 15.0 Å². The first-order valence-corrected chi connectivity index (χ1v) is 9.30. The number of furan rings is 1. The van der Waals surface area contributed by atoms with E-state index in [1.165, 1.54) is 12.7 Å². The predicted octanol–water partition coefficient (Wildman–Crippen LogP) is 1.88. The van der Waals surface area contributed by atoms with Crippen molar-refractivity contribution in [3.8, 4) is 11.5 Å². The normalized spacial score (nSPS) is 14.7. The molecule has 0 bridgehead atoms. The number of rotatable bonds is 3. The molecular formula is C19H19N7O3. The van der Waals surface area contributed by atoms with Crippen molar-refractivity contribution in [3.05, 3.63) is 42.5 Å². The van der Waals surface area contributed by atoms with Gasteiger partial charge in [-0.2, -0.15) is 5.10 Å². The molecule has 1 aliphatic rings. The summed E-state index contributed by atoms with van der Waals surface area (Å²) >= 11 is 0. The van der Waals surface area contributed by atoms with Gasteiger partial charge in [0.25, 0.3) is 5.91 Å². The average molecular weight is 393 g/mol. The van der Waals surface area contributed by atoms with Gasteiger partial charge in [0.1, 0.15) is 11.6 Å². The first-order chi connectivity index (χ1) is 14.1. The van der Waals surface area contributed by atoms with E-state index in [0.29, 0.717) is 43.5 Å². The molecule has 1 fully saturated rings. The van der Waals surface area contributed by atoms with Gasteiger partial charge in [-0.1, -0.05) is 0 Å². The first kappa shape index (κ1) is 17.4. The summed E-state index contributed by atoms with van der Waals surface area (Å²) < 4.78 is 12.5. The molecule has 5 heterocycles. The lowest BCUT2D eigenvalue weighted by Crippen LogP contribution is -2.49. The van der Waals surface area contributed by atoms with E-state index in [4.69, 9.17) is 8.83 Å². The summed E-state index contributed by atoms with van der Waals surface area (Å²) in [7, 11) is 1.86. The molecule has 1 aliphatic heterocycles. The monoisotopic (exact) mass is 393 g/mol. The van der Waals surface area contributed by atoms with Crippen LogP contribution in [-0.4, -0.2) is 61.7 Å². The van der Waals surface area contributed by atoms with Crippen molar-refractivity contribution in [2.75, 3.05) is 31.1 Å². The van der Waals surface area contributed by atoms with Gasteiger partial charge in [-0.3, -0.25) is 9.48 Å². The predicted molar refractivity (Wildman–Crippen MR) is 103 cm³/mol. The molecule has 4 aromatic heterocycles. The highest BCUT2D eigenvalue weighted by Crippen LogP contribution is 2.27. The molecule has 0 N–H and O–H groups in total. The second-order valence-corrected chi connectivity index (χ2v) is 6.89. The summed E-state index contributed by atoms with van der Waals surface area (Å²) in [5, 5.41) is 5.21. The van der Waals surface area contributed by atoms with Crippen LogP contribution in [0.3, 0.4) is 0 Å². The number of hydrogen-bond donors (Lipinski definition) is 0. The topological polar surface area (TPSA) is 106 Å². The number of piperazine rings is 1. The van der Waals surface area contributed by atoms with Crippen LogP contribution in [0.2, 0.25) is 0 Å². The molecular weight excluding hydrogens is 374 g/mol. The summed E-state index contributed by atoms with van der Waals surface area (Å²) in [5.41, 5.74) is 1.07. The summed E-state index contributed by atoms with van der Waals surface area (Å²) in [6.07, 6.45) is 4.59. The molecule has 0 atom stereocenters. The fourth-order valence-electron chi connectivity index (χ4n) is 3.61. The van der Waals surface area contributed by atoms with E-state index in [-0.39, 0.29) is 11.6 Å². The third-order valence-corrected chi connectivity index (χ3v) is 5.07. The molecule has 0 saturated carbocycles. The number of aryl methyl sites for hydroxylation is 2. The third kappa shape index (κ3) is 2.93. The fraction of sp³-hybridized carbons (Fsp3) is 0.316. The molecule has 0 aromatic carbocycles. The summed E-state index contributed by atoms with van der Waals surface area (Å²) in [6.45, 7) is 4.28. The minimum absolute atomic E-state index is 0.171. The molecule has 5 rings (SSSR count). The Morgan fingerprint density at radius 3 is 2.72 bits per heavy atom. The van der Waals surface area contributed by atoms with Crippen molar-refractivity contribution in [2.24, 2.45) is 7.05 Å². The van der Waals surface area contributed by atoms with E-state index >= 15 is 0 Å². The lowest BCUT2D eigenvalue weighted by Gasteiger charge is -2.35. The van der Waals surface area contributed by atoms with Crippen LogP contribution in [-0.2, 0) is 7.05 Å². The van der Waals surface area contributed by atoms with Crippen LogP contribution in [0.25, 0.3) is 22.6 Å². The van der Waals surface area contributed by atoms with Crippen LogP contribution < -0.4 is 4.90 Å². The number of carbonyl (C=O) groups excluding carboxylic acids is 1. The molecule has 1 saturated heterocycles. The number of anilines is 1. The van der Waals surface area contributed by atoms with Crippen molar-refractivity contribution >= 4 is 22.8 Å². The quantitative estimate of drug-likeness (QED) is 0.519. The number of amides is 1. The fourth-order valence-corrected chi connectivity index (χ4v) is 3.61. The number of hydrogen-bond acceptors (Lipinski definition) is 8. The van der Waals surface area contributed by atoms with Crippen LogP contribution in [0.5, 0.6) is 0 Å². The zero-order chi connectivity index (χ0) is 20.0. The van der Waals surface area contributed by atoms with Crippen molar-refractivity contribution in [1.29, 1.82) is 0 Å². The molecule has 4 aromatic rings. The van der Waals surface area contributed by atoms with Crippen molar-refractivity contribution in [3.63, 3.8) is 0 Å². The number of nitrogens with zero attached hydrogens (tertiary/aromatic N) is 7. The van der Waals surface area contributed by atoms with Gasteiger partial charge in [0.15, 0.2) is 23.5 Å².